The summed E-state index contributed by atoms with van der Waals surface area (Å²) in [6.07, 6.45) is -0.310. The fourth-order valence-electron chi connectivity index (χ4n) is 0.945. The molecule has 0 aromatic heterocycles. The van der Waals surface area contributed by atoms with Gasteiger partial charge >= 0.3 is 82.6 Å². The number of rotatable bonds is 3. The van der Waals surface area contributed by atoms with E-state index in [1.165, 1.54) is 0 Å². The van der Waals surface area contributed by atoms with Gasteiger partial charge in [0.05, 0.1) is 0 Å². The Morgan fingerprint density at radius 1 is 1.36 bits per heavy atom. The summed E-state index contributed by atoms with van der Waals surface area (Å²) in [4.78, 5) is 0. The minimum absolute atomic E-state index is 0.310. The van der Waals surface area contributed by atoms with Crippen molar-refractivity contribution in [1.82, 2.24) is 0 Å². The van der Waals surface area contributed by atoms with Crippen LogP contribution >= 0.6 is 8.25 Å². The fraction of sp³-hybridized carbons (Fsp3) is 0.250. The molecular formula is C8H9ClHgO. The second-order valence-corrected chi connectivity index (χ2v) is 9.43. The molecule has 0 aliphatic rings. The zero-order chi connectivity index (χ0) is 8.10. The molecule has 0 amide bonds. The van der Waals surface area contributed by atoms with E-state index < -0.39 is 23.3 Å². The van der Waals surface area contributed by atoms with Crippen molar-refractivity contribution in [2.75, 3.05) is 0 Å². The first-order valence-corrected chi connectivity index (χ1v) is 14.3. The van der Waals surface area contributed by atoms with Gasteiger partial charge in [-0.2, -0.15) is 0 Å². The third-order valence-electron chi connectivity index (χ3n) is 1.57. The van der Waals surface area contributed by atoms with Crippen molar-refractivity contribution in [2.45, 2.75) is 10.0 Å². The van der Waals surface area contributed by atoms with E-state index in [2.05, 4.69) is 0 Å². The molecule has 0 fully saturated rings. The van der Waals surface area contributed by atoms with Gasteiger partial charge in [-0.15, -0.1) is 0 Å². The van der Waals surface area contributed by atoms with E-state index in [-0.39, 0.29) is 6.10 Å². The Bertz CT molecular complexity index is 203. The number of hydrogen-bond acceptors (Lipinski definition) is 1. The van der Waals surface area contributed by atoms with E-state index in [4.69, 9.17) is 8.25 Å². The molecule has 56 valence electrons. The van der Waals surface area contributed by atoms with E-state index in [9.17, 15) is 5.11 Å². The van der Waals surface area contributed by atoms with Gasteiger partial charge in [-0.05, 0) is 0 Å². The molecule has 0 aliphatic carbocycles. The van der Waals surface area contributed by atoms with Crippen molar-refractivity contribution in [2.24, 2.45) is 0 Å². The van der Waals surface area contributed by atoms with E-state index in [0.717, 1.165) is 9.49 Å². The van der Waals surface area contributed by atoms with E-state index in [0.29, 0.717) is 0 Å². The fourth-order valence-corrected chi connectivity index (χ4v) is 4.86. The van der Waals surface area contributed by atoms with Crippen molar-refractivity contribution >= 4 is 8.25 Å². The summed E-state index contributed by atoms with van der Waals surface area (Å²) in [7, 11) is 5.71. The summed E-state index contributed by atoms with van der Waals surface area (Å²) in [5, 5.41) is 9.49. The van der Waals surface area contributed by atoms with Gasteiger partial charge < -0.3 is 0 Å². The van der Waals surface area contributed by atoms with Crippen LogP contribution in [0.15, 0.2) is 30.3 Å². The van der Waals surface area contributed by atoms with Gasteiger partial charge in [0.25, 0.3) is 0 Å². The van der Waals surface area contributed by atoms with Crippen LogP contribution in [0, 0.1) is 0 Å². The summed E-state index contributed by atoms with van der Waals surface area (Å²) in [5.41, 5.74) is 0.994. The molecule has 1 unspecified atom stereocenters. The molecule has 0 aliphatic heterocycles. The predicted octanol–water partition coefficient (Wildman–Crippen LogP) is 2.37. The van der Waals surface area contributed by atoms with Crippen molar-refractivity contribution in [3.05, 3.63) is 35.9 Å². The molecule has 1 rings (SSSR count). The maximum atomic E-state index is 9.49. The van der Waals surface area contributed by atoms with Crippen LogP contribution < -0.4 is 0 Å². The molecule has 1 N–H and O–H groups in total. The molecule has 11 heavy (non-hydrogen) atoms. The van der Waals surface area contributed by atoms with Crippen LogP contribution in [0.2, 0.25) is 3.93 Å². The second kappa shape index (κ2) is 5.12. The first-order chi connectivity index (χ1) is 5.34. The van der Waals surface area contributed by atoms with E-state index in [1.54, 1.807) is 0 Å². The van der Waals surface area contributed by atoms with Crippen molar-refractivity contribution in [3.63, 3.8) is 0 Å². The first-order valence-electron chi connectivity index (χ1n) is 3.63. The van der Waals surface area contributed by atoms with Crippen LogP contribution in [0.1, 0.15) is 11.7 Å². The van der Waals surface area contributed by atoms with Crippen LogP contribution in [0.5, 0.6) is 0 Å². The third-order valence-corrected chi connectivity index (χ3v) is 6.46. The van der Waals surface area contributed by atoms with Crippen LogP contribution in [-0.4, -0.2) is 5.11 Å². The van der Waals surface area contributed by atoms with E-state index in [1.807, 2.05) is 30.3 Å². The normalized spacial score (nSPS) is 12.2. The Morgan fingerprint density at radius 3 is 2.55 bits per heavy atom. The molecule has 1 atom stereocenters. The number of benzene rings is 1. The monoisotopic (exact) mass is 358 g/mol. The molecule has 1 aromatic rings. The molecule has 0 bridgehead atoms. The summed E-state index contributed by atoms with van der Waals surface area (Å²) in [6, 6.07) is 9.69. The van der Waals surface area contributed by atoms with E-state index >= 15 is 0 Å². The Morgan fingerprint density at radius 2 is 2.00 bits per heavy atom. The van der Waals surface area contributed by atoms with Crippen LogP contribution in [-0.2, 0) is 23.3 Å². The summed E-state index contributed by atoms with van der Waals surface area (Å²) >= 11 is -1.19. The Hall–Kier alpha value is 0.405. The van der Waals surface area contributed by atoms with Gasteiger partial charge in [0.1, 0.15) is 0 Å². The topological polar surface area (TPSA) is 20.2 Å². The molecular weight excluding hydrogens is 348 g/mol. The average molecular weight is 357 g/mol. The average Bonchev–Trinajstić information content (AvgIpc) is 2.07. The maximum absolute atomic E-state index is 9.49. The zero-order valence-electron chi connectivity index (χ0n) is 6.20. The predicted molar refractivity (Wildman–Crippen MR) is 42.1 cm³/mol. The van der Waals surface area contributed by atoms with Crippen molar-refractivity contribution in [1.29, 1.82) is 0 Å². The zero-order valence-corrected chi connectivity index (χ0v) is 12.5. The number of halogens is 1. The SMILES string of the molecule is OC([CH2][Hg][Cl])c1ccccc1. The summed E-state index contributed by atoms with van der Waals surface area (Å²) in [6.45, 7) is 0. The van der Waals surface area contributed by atoms with Gasteiger partial charge in [0.15, 0.2) is 0 Å². The molecule has 0 spiro atoms. The molecule has 1 nitrogen and oxygen atoms in total. The second-order valence-electron chi connectivity index (χ2n) is 2.40. The number of hydrogen-bond donors (Lipinski definition) is 1. The van der Waals surface area contributed by atoms with Crippen molar-refractivity contribution in [3.8, 4) is 0 Å². The Labute approximate surface area is 82.3 Å². The summed E-state index contributed by atoms with van der Waals surface area (Å²) in [5.74, 6) is 0. The number of aliphatic hydroxyl groups excluding tert-OH is 1. The molecule has 1 aromatic carbocycles. The number of aliphatic hydroxyl groups is 1. The van der Waals surface area contributed by atoms with Crippen LogP contribution in [0.25, 0.3) is 0 Å². The van der Waals surface area contributed by atoms with Crippen LogP contribution in [0.3, 0.4) is 0 Å². The van der Waals surface area contributed by atoms with Gasteiger partial charge in [-0.3, -0.25) is 0 Å². The Balaban J connectivity index is 2.61. The van der Waals surface area contributed by atoms with Gasteiger partial charge in [0.2, 0.25) is 0 Å². The molecule has 3 heteroatoms. The Kier molecular flexibility index (Phi) is 4.42. The first kappa shape index (κ1) is 9.49. The molecule has 0 heterocycles. The standard InChI is InChI=1S/C8H9O.ClH.Hg/c1-7(9)8-5-3-2-4-6-8;;/h2-7,9H,1H2;1H;/q;;+1/p-1. The minimum atomic E-state index is -1.19. The molecule has 0 radical (unpaired) electrons. The van der Waals surface area contributed by atoms with Gasteiger partial charge in [0, 0.05) is 0 Å². The quantitative estimate of drug-likeness (QED) is 0.824. The molecule has 0 saturated heterocycles. The van der Waals surface area contributed by atoms with Crippen LogP contribution in [0.4, 0.5) is 0 Å². The van der Waals surface area contributed by atoms with Gasteiger partial charge in [-0.25, -0.2) is 0 Å². The third kappa shape index (κ3) is 3.10. The van der Waals surface area contributed by atoms with Crippen molar-refractivity contribution < 1.29 is 28.4 Å². The van der Waals surface area contributed by atoms with Gasteiger partial charge in [-0.1, -0.05) is 0 Å². The molecule has 0 saturated carbocycles. The summed E-state index contributed by atoms with van der Waals surface area (Å²) < 4.78 is 0.839.